The predicted molar refractivity (Wildman–Crippen MR) is 60.2 cm³/mol. The molecule has 1 heterocycles. The van der Waals surface area contributed by atoms with Crippen molar-refractivity contribution in [3.8, 4) is 0 Å². The van der Waals surface area contributed by atoms with Crippen molar-refractivity contribution >= 4 is 11.8 Å². The molecule has 90 valence electrons. The van der Waals surface area contributed by atoms with Gasteiger partial charge in [-0.15, -0.1) is 0 Å². The van der Waals surface area contributed by atoms with E-state index in [1.54, 1.807) is 0 Å². The van der Waals surface area contributed by atoms with Gasteiger partial charge in [0.2, 0.25) is 0 Å². The summed E-state index contributed by atoms with van der Waals surface area (Å²) in [6.07, 6.45) is 0.230. The van der Waals surface area contributed by atoms with Crippen molar-refractivity contribution in [2.45, 2.75) is 25.6 Å². The van der Waals surface area contributed by atoms with Crippen molar-refractivity contribution in [3.63, 3.8) is 0 Å². The molecule has 1 aromatic carbocycles. The molecule has 0 radical (unpaired) electrons. The normalized spacial score (nSPS) is 20.0. The van der Waals surface area contributed by atoms with E-state index in [0.29, 0.717) is 12.8 Å². The highest BCUT2D eigenvalue weighted by molar-refractivity contribution is 5.83. The molecule has 4 heteroatoms. The minimum atomic E-state index is -0.587. The first-order chi connectivity index (χ1) is 8.25. The van der Waals surface area contributed by atoms with E-state index in [9.17, 15) is 9.59 Å². The van der Waals surface area contributed by atoms with Gasteiger partial charge in [-0.2, -0.15) is 0 Å². The van der Waals surface area contributed by atoms with Crippen molar-refractivity contribution in [1.82, 2.24) is 0 Å². The van der Waals surface area contributed by atoms with Gasteiger partial charge in [0, 0.05) is 6.42 Å². The Bertz CT molecular complexity index is 389. The number of rotatable bonds is 3. The number of benzene rings is 1. The topological polar surface area (TPSA) is 52.6 Å². The van der Waals surface area contributed by atoms with Gasteiger partial charge in [0.05, 0.1) is 0 Å². The van der Waals surface area contributed by atoms with Gasteiger partial charge < -0.3 is 9.47 Å². The molecule has 1 aliphatic heterocycles. The zero-order valence-electron chi connectivity index (χ0n) is 9.43. The molecule has 1 aromatic rings. The summed E-state index contributed by atoms with van der Waals surface area (Å²) in [5.41, 5.74) is 0.938. The second-order valence-electron chi connectivity index (χ2n) is 3.97. The number of Topliss-reactive ketones (excluding diaryl/α,β-unsaturated/α-hetero) is 1. The molecule has 1 saturated heterocycles. The van der Waals surface area contributed by atoms with E-state index in [0.717, 1.165) is 5.56 Å². The quantitative estimate of drug-likeness (QED) is 0.743. The lowest BCUT2D eigenvalue weighted by atomic mass is 10.1. The van der Waals surface area contributed by atoms with Gasteiger partial charge in [0.15, 0.2) is 11.9 Å². The van der Waals surface area contributed by atoms with Crippen LogP contribution in [0.5, 0.6) is 0 Å². The molecule has 0 N–H and O–H groups in total. The van der Waals surface area contributed by atoms with Crippen LogP contribution in [0.3, 0.4) is 0 Å². The fraction of sp³-hybridized carbons (Fsp3) is 0.385. The lowest BCUT2D eigenvalue weighted by Gasteiger charge is -2.20. The van der Waals surface area contributed by atoms with Crippen molar-refractivity contribution in [3.05, 3.63) is 35.9 Å². The van der Waals surface area contributed by atoms with Crippen LogP contribution in [0.15, 0.2) is 30.3 Å². The second-order valence-corrected chi connectivity index (χ2v) is 3.97. The van der Waals surface area contributed by atoms with Gasteiger partial charge in [0.25, 0.3) is 0 Å². The van der Waals surface area contributed by atoms with Gasteiger partial charge in [-0.3, -0.25) is 4.79 Å². The maximum Gasteiger partial charge on any atom is 0.335 e. The first kappa shape index (κ1) is 11.8. The first-order valence-corrected chi connectivity index (χ1v) is 5.59. The van der Waals surface area contributed by atoms with E-state index in [-0.39, 0.29) is 25.0 Å². The van der Waals surface area contributed by atoms with Crippen molar-refractivity contribution in [2.75, 3.05) is 6.61 Å². The third kappa shape index (κ3) is 3.39. The van der Waals surface area contributed by atoms with E-state index < -0.39 is 6.10 Å². The van der Waals surface area contributed by atoms with Crippen LogP contribution >= 0.6 is 0 Å². The first-order valence-electron chi connectivity index (χ1n) is 5.59. The Morgan fingerprint density at radius 2 is 2.12 bits per heavy atom. The number of hydrogen-bond donors (Lipinski definition) is 0. The summed E-state index contributed by atoms with van der Waals surface area (Å²) in [7, 11) is 0. The number of ketones is 1. The number of hydrogen-bond acceptors (Lipinski definition) is 4. The second kappa shape index (κ2) is 5.59. The highest BCUT2D eigenvalue weighted by atomic mass is 16.6. The summed E-state index contributed by atoms with van der Waals surface area (Å²) in [5, 5.41) is 0. The van der Waals surface area contributed by atoms with E-state index in [2.05, 4.69) is 0 Å². The Labute approximate surface area is 99.5 Å². The highest BCUT2D eigenvalue weighted by Crippen LogP contribution is 2.12. The Hall–Kier alpha value is -1.68. The van der Waals surface area contributed by atoms with Crippen molar-refractivity contribution in [2.24, 2.45) is 0 Å². The zero-order chi connectivity index (χ0) is 12.1. The summed E-state index contributed by atoms with van der Waals surface area (Å²) < 4.78 is 10.2. The minimum Gasteiger partial charge on any atom is -0.459 e. The van der Waals surface area contributed by atoms with E-state index in [4.69, 9.17) is 9.47 Å². The monoisotopic (exact) mass is 234 g/mol. The lowest BCUT2D eigenvalue weighted by molar-refractivity contribution is -0.163. The molecule has 0 saturated carbocycles. The molecule has 4 nitrogen and oxygen atoms in total. The number of carbonyl (C=O) groups excluding carboxylic acids is 2. The van der Waals surface area contributed by atoms with Gasteiger partial charge in [0.1, 0.15) is 13.2 Å². The molecule has 0 aliphatic carbocycles. The van der Waals surface area contributed by atoms with E-state index in [1.807, 2.05) is 30.3 Å². The molecule has 1 atom stereocenters. The maximum atomic E-state index is 11.6. The summed E-state index contributed by atoms with van der Waals surface area (Å²) in [6.45, 7) is 0.262. The molecule has 2 rings (SSSR count). The largest absolute Gasteiger partial charge is 0.459 e. The molecule has 17 heavy (non-hydrogen) atoms. The standard InChI is InChI=1S/C13H14O4/c14-11-6-7-12(16-9-11)13(15)17-8-10-4-2-1-3-5-10/h1-5,12H,6-9H2. The predicted octanol–water partition coefficient (Wildman–Crippen LogP) is 1.48. The average molecular weight is 234 g/mol. The SMILES string of the molecule is O=C1CCC(C(=O)OCc2ccccc2)OC1. The van der Waals surface area contributed by atoms with Crippen LogP contribution in [0.4, 0.5) is 0 Å². The molecular weight excluding hydrogens is 220 g/mol. The molecule has 1 aliphatic rings. The summed E-state index contributed by atoms with van der Waals surface area (Å²) >= 11 is 0. The third-order valence-corrected chi connectivity index (χ3v) is 2.62. The number of ether oxygens (including phenoxy) is 2. The average Bonchev–Trinajstić information content (AvgIpc) is 2.38. The van der Waals surface area contributed by atoms with Gasteiger partial charge in [-0.1, -0.05) is 30.3 Å². The molecule has 0 amide bonds. The van der Waals surface area contributed by atoms with Crippen molar-refractivity contribution in [1.29, 1.82) is 0 Å². The van der Waals surface area contributed by atoms with Crippen LogP contribution in [0.1, 0.15) is 18.4 Å². The van der Waals surface area contributed by atoms with Crippen LogP contribution in [-0.2, 0) is 25.7 Å². The fourth-order valence-corrected chi connectivity index (χ4v) is 1.65. The number of esters is 1. The summed E-state index contributed by atoms with van der Waals surface area (Å²) in [6, 6.07) is 9.45. The van der Waals surface area contributed by atoms with Crippen LogP contribution < -0.4 is 0 Å². The molecule has 0 aromatic heterocycles. The maximum absolute atomic E-state index is 11.6. The van der Waals surface area contributed by atoms with Crippen LogP contribution in [0.25, 0.3) is 0 Å². The molecule has 1 fully saturated rings. The van der Waals surface area contributed by atoms with E-state index in [1.165, 1.54) is 0 Å². The van der Waals surface area contributed by atoms with Crippen LogP contribution in [0.2, 0.25) is 0 Å². The van der Waals surface area contributed by atoms with Crippen LogP contribution in [0, 0.1) is 0 Å². The lowest BCUT2D eigenvalue weighted by Crippen LogP contribution is -2.33. The minimum absolute atomic E-state index is 0.0190. The molecule has 1 unspecified atom stereocenters. The smallest absolute Gasteiger partial charge is 0.335 e. The summed E-state index contributed by atoms with van der Waals surface area (Å²) in [4.78, 5) is 22.6. The van der Waals surface area contributed by atoms with Gasteiger partial charge in [-0.05, 0) is 12.0 Å². The Morgan fingerprint density at radius 1 is 1.35 bits per heavy atom. The third-order valence-electron chi connectivity index (χ3n) is 2.62. The fourth-order valence-electron chi connectivity index (χ4n) is 1.65. The Kier molecular flexibility index (Phi) is 3.88. The highest BCUT2D eigenvalue weighted by Gasteiger charge is 2.26. The Balaban J connectivity index is 1.80. The van der Waals surface area contributed by atoms with E-state index >= 15 is 0 Å². The van der Waals surface area contributed by atoms with Gasteiger partial charge >= 0.3 is 5.97 Å². The Morgan fingerprint density at radius 3 is 2.76 bits per heavy atom. The molecule has 0 bridgehead atoms. The zero-order valence-corrected chi connectivity index (χ0v) is 9.43. The summed E-state index contributed by atoms with van der Waals surface area (Å²) in [5.74, 6) is -0.349. The van der Waals surface area contributed by atoms with Crippen LogP contribution in [-0.4, -0.2) is 24.5 Å². The van der Waals surface area contributed by atoms with Gasteiger partial charge in [-0.25, -0.2) is 4.79 Å². The molecule has 0 spiro atoms. The number of carbonyl (C=O) groups is 2. The van der Waals surface area contributed by atoms with Crippen molar-refractivity contribution < 1.29 is 19.1 Å². The molecular formula is C13H14O4.